The van der Waals surface area contributed by atoms with E-state index >= 15 is 0 Å². The lowest BCUT2D eigenvalue weighted by Crippen LogP contribution is -2.14. The van der Waals surface area contributed by atoms with E-state index in [1.165, 1.54) is 19.3 Å². The SMILES string of the molecule is C=CC(C)C(C)C(C)CCCC. The van der Waals surface area contributed by atoms with E-state index in [2.05, 4.69) is 40.3 Å². The lowest BCUT2D eigenvalue weighted by atomic mass is 9.82. The molecule has 0 aliphatic carbocycles. The van der Waals surface area contributed by atoms with E-state index in [-0.39, 0.29) is 0 Å². The summed E-state index contributed by atoms with van der Waals surface area (Å²) in [5.74, 6) is 2.30. The number of rotatable bonds is 6. The quantitative estimate of drug-likeness (QED) is 0.519. The van der Waals surface area contributed by atoms with E-state index in [0.29, 0.717) is 5.92 Å². The van der Waals surface area contributed by atoms with Gasteiger partial charge in [-0.15, -0.1) is 6.58 Å². The number of allylic oxidation sites excluding steroid dienone is 1. The topological polar surface area (TPSA) is 0 Å². The van der Waals surface area contributed by atoms with Crippen molar-refractivity contribution >= 4 is 0 Å². The third kappa shape index (κ3) is 3.94. The van der Waals surface area contributed by atoms with Crippen LogP contribution < -0.4 is 0 Å². The van der Waals surface area contributed by atoms with E-state index in [9.17, 15) is 0 Å². The summed E-state index contributed by atoms with van der Waals surface area (Å²) in [6.45, 7) is 13.1. The zero-order valence-corrected chi connectivity index (χ0v) is 9.14. The summed E-state index contributed by atoms with van der Waals surface area (Å²) in [4.78, 5) is 0. The number of hydrogen-bond donors (Lipinski definition) is 0. The molecule has 0 bridgehead atoms. The van der Waals surface area contributed by atoms with Crippen molar-refractivity contribution in [1.82, 2.24) is 0 Å². The standard InChI is InChI=1S/C12H24/c1-6-8-9-11(4)12(5)10(3)7-2/h7,10-12H,2,6,8-9H2,1,3-5H3. The van der Waals surface area contributed by atoms with Crippen LogP contribution in [0.2, 0.25) is 0 Å². The van der Waals surface area contributed by atoms with Crippen LogP contribution >= 0.6 is 0 Å². The van der Waals surface area contributed by atoms with Crippen molar-refractivity contribution < 1.29 is 0 Å². The Balaban J connectivity index is 3.74. The van der Waals surface area contributed by atoms with Gasteiger partial charge in [-0.05, 0) is 17.8 Å². The van der Waals surface area contributed by atoms with Crippen LogP contribution in [0, 0.1) is 17.8 Å². The van der Waals surface area contributed by atoms with Gasteiger partial charge in [-0.3, -0.25) is 0 Å². The Hall–Kier alpha value is -0.260. The minimum atomic E-state index is 0.664. The summed E-state index contributed by atoms with van der Waals surface area (Å²) in [7, 11) is 0. The predicted octanol–water partition coefficient (Wildman–Crippen LogP) is 4.27. The van der Waals surface area contributed by atoms with Gasteiger partial charge in [0.15, 0.2) is 0 Å². The molecule has 0 nitrogen and oxygen atoms in total. The van der Waals surface area contributed by atoms with Crippen molar-refractivity contribution in [3.63, 3.8) is 0 Å². The predicted molar refractivity (Wildman–Crippen MR) is 57.2 cm³/mol. The van der Waals surface area contributed by atoms with Gasteiger partial charge in [-0.1, -0.05) is 53.0 Å². The van der Waals surface area contributed by atoms with E-state index in [4.69, 9.17) is 0 Å². The molecule has 0 aromatic heterocycles. The summed E-state index contributed by atoms with van der Waals surface area (Å²) in [5.41, 5.74) is 0. The largest absolute Gasteiger partial charge is 0.103 e. The molecule has 3 atom stereocenters. The first kappa shape index (κ1) is 11.7. The zero-order chi connectivity index (χ0) is 9.56. The van der Waals surface area contributed by atoms with Gasteiger partial charge in [-0.2, -0.15) is 0 Å². The van der Waals surface area contributed by atoms with Gasteiger partial charge in [0.1, 0.15) is 0 Å². The van der Waals surface area contributed by atoms with Crippen LogP contribution in [0.3, 0.4) is 0 Å². The first-order valence-corrected chi connectivity index (χ1v) is 5.26. The molecule has 0 rings (SSSR count). The van der Waals surface area contributed by atoms with Crippen molar-refractivity contribution in [3.05, 3.63) is 12.7 Å². The first-order chi connectivity index (χ1) is 5.63. The Morgan fingerprint density at radius 2 is 1.83 bits per heavy atom. The fourth-order valence-electron chi connectivity index (χ4n) is 1.52. The molecule has 3 unspecified atom stereocenters. The van der Waals surface area contributed by atoms with E-state index < -0.39 is 0 Å². The molecule has 0 radical (unpaired) electrons. The van der Waals surface area contributed by atoms with Crippen LogP contribution in [0.1, 0.15) is 47.0 Å². The Kier molecular flexibility index (Phi) is 6.14. The molecule has 0 N–H and O–H groups in total. The zero-order valence-electron chi connectivity index (χ0n) is 9.14. The molecule has 0 fully saturated rings. The second-order valence-corrected chi connectivity index (χ2v) is 4.07. The van der Waals surface area contributed by atoms with Crippen LogP contribution in [0.15, 0.2) is 12.7 Å². The highest BCUT2D eigenvalue weighted by Crippen LogP contribution is 2.25. The van der Waals surface area contributed by atoms with Gasteiger partial charge in [0.25, 0.3) is 0 Å². The van der Waals surface area contributed by atoms with E-state index in [1.807, 2.05) is 0 Å². The van der Waals surface area contributed by atoms with Gasteiger partial charge in [0, 0.05) is 0 Å². The highest BCUT2D eigenvalue weighted by Gasteiger charge is 2.15. The molecule has 0 aliphatic rings. The maximum absolute atomic E-state index is 3.84. The third-order valence-electron chi connectivity index (χ3n) is 3.11. The average Bonchev–Trinajstić information content (AvgIpc) is 2.11. The Morgan fingerprint density at radius 3 is 2.25 bits per heavy atom. The molecular formula is C12H24. The molecule has 0 amide bonds. The molecule has 0 saturated heterocycles. The first-order valence-electron chi connectivity index (χ1n) is 5.26. The number of unbranched alkanes of at least 4 members (excludes halogenated alkanes) is 1. The van der Waals surface area contributed by atoms with Crippen molar-refractivity contribution in [2.24, 2.45) is 17.8 Å². The minimum absolute atomic E-state index is 0.664. The molecule has 0 heteroatoms. The van der Waals surface area contributed by atoms with Crippen molar-refractivity contribution in [3.8, 4) is 0 Å². The maximum Gasteiger partial charge on any atom is -0.0236 e. The lowest BCUT2D eigenvalue weighted by molar-refractivity contribution is 0.298. The minimum Gasteiger partial charge on any atom is -0.103 e. The van der Waals surface area contributed by atoms with Crippen molar-refractivity contribution in [1.29, 1.82) is 0 Å². The van der Waals surface area contributed by atoms with E-state index in [0.717, 1.165) is 11.8 Å². The Labute approximate surface area is 78.1 Å². The summed E-state index contributed by atoms with van der Waals surface area (Å²) < 4.78 is 0. The highest BCUT2D eigenvalue weighted by atomic mass is 14.2. The second-order valence-electron chi connectivity index (χ2n) is 4.07. The highest BCUT2D eigenvalue weighted by molar-refractivity contribution is 4.81. The van der Waals surface area contributed by atoms with Crippen LogP contribution in [0.4, 0.5) is 0 Å². The molecule has 0 spiro atoms. The van der Waals surface area contributed by atoms with Gasteiger partial charge in [-0.25, -0.2) is 0 Å². The summed E-state index contributed by atoms with van der Waals surface area (Å²) in [5, 5.41) is 0. The summed E-state index contributed by atoms with van der Waals surface area (Å²) in [6.07, 6.45) is 6.14. The summed E-state index contributed by atoms with van der Waals surface area (Å²) in [6, 6.07) is 0. The Bertz CT molecular complexity index is 115. The molecule has 0 aromatic rings. The van der Waals surface area contributed by atoms with E-state index in [1.54, 1.807) is 0 Å². The van der Waals surface area contributed by atoms with Crippen LogP contribution in [0.5, 0.6) is 0 Å². The molecular weight excluding hydrogens is 144 g/mol. The lowest BCUT2D eigenvalue weighted by Gasteiger charge is -2.23. The van der Waals surface area contributed by atoms with Gasteiger partial charge >= 0.3 is 0 Å². The van der Waals surface area contributed by atoms with Gasteiger partial charge in [0.2, 0.25) is 0 Å². The summed E-state index contributed by atoms with van der Waals surface area (Å²) >= 11 is 0. The molecule has 12 heavy (non-hydrogen) atoms. The molecule has 0 saturated carbocycles. The van der Waals surface area contributed by atoms with Crippen molar-refractivity contribution in [2.75, 3.05) is 0 Å². The maximum atomic E-state index is 3.84. The normalized spacial score (nSPS) is 18.3. The monoisotopic (exact) mass is 168 g/mol. The molecule has 0 aliphatic heterocycles. The number of hydrogen-bond acceptors (Lipinski definition) is 0. The fourth-order valence-corrected chi connectivity index (χ4v) is 1.52. The molecule has 0 aromatic carbocycles. The second kappa shape index (κ2) is 6.28. The third-order valence-corrected chi connectivity index (χ3v) is 3.11. The van der Waals surface area contributed by atoms with Crippen LogP contribution in [-0.4, -0.2) is 0 Å². The Morgan fingerprint density at radius 1 is 1.25 bits per heavy atom. The smallest absolute Gasteiger partial charge is 0.0236 e. The van der Waals surface area contributed by atoms with Gasteiger partial charge < -0.3 is 0 Å². The molecule has 0 heterocycles. The van der Waals surface area contributed by atoms with Gasteiger partial charge in [0.05, 0.1) is 0 Å². The average molecular weight is 168 g/mol. The van der Waals surface area contributed by atoms with Crippen molar-refractivity contribution in [2.45, 2.75) is 47.0 Å². The molecule has 72 valence electrons. The van der Waals surface area contributed by atoms with Crippen LogP contribution in [-0.2, 0) is 0 Å². The fraction of sp³-hybridized carbons (Fsp3) is 0.833. The van der Waals surface area contributed by atoms with Crippen LogP contribution in [0.25, 0.3) is 0 Å².